The molecule has 1 fully saturated rings. The maximum absolute atomic E-state index is 14.0. The summed E-state index contributed by atoms with van der Waals surface area (Å²) in [5.41, 5.74) is 0.0151. The number of aryl methyl sites for hydroxylation is 1. The first kappa shape index (κ1) is 15.1. The van der Waals surface area contributed by atoms with E-state index >= 15 is 0 Å². The number of carbonyl (C=O) groups excluding carboxylic acids is 1. The highest BCUT2D eigenvalue weighted by atomic mass is 19.1. The molecule has 0 spiro atoms. The number of carbonyl (C=O) groups is 1. The van der Waals surface area contributed by atoms with Gasteiger partial charge in [0.15, 0.2) is 0 Å². The largest absolute Gasteiger partial charge is 0.338 e. The van der Waals surface area contributed by atoms with Crippen LogP contribution >= 0.6 is 0 Å². The highest BCUT2D eigenvalue weighted by molar-refractivity contribution is 5.75. The van der Waals surface area contributed by atoms with Crippen LogP contribution in [-0.2, 0) is 24.9 Å². The Morgan fingerprint density at radius 3 is 2.92 bits per heavy atom. The summed E-state index contributed by atoms with van der Waals surface area (Å²) in [6, 6.07) is 6.36. The van der Waals surface area contributed by atoms with E-state index in [0.29, 0.717) is 18.5 Å². The molecule has 0 bridgehead atoms. The molecule has 126 valence electrons. The minimum absolute atomic E-state index is 0.267. The Balaban J connectivity index is 1.32. The number of rotatable bonds is 5. The predicted molar refractivity (Wildman–Crippen MR) is 85.9 cm³/mol. The number of hydrogen-bond donors (Lipinski definition) is 2. The Morgan fingerprint density at radius 2 is 2.12 bits per heavy atom. The van der Waals surface area contributed by atoms with Gasteiger partial charge < -0.3 is 15.2 Å². The van der Waals surface area contributed by atoms with Crippen molar-refractivity contribution >= 4 is 6.03 Å². The molecule has 2 amide bonds. The van der Waals surface area contributed by atoms with Crippen LogP contribution in [-0.4, -0.2) is 27.3 Å². The molecule has 2 aromatic rings. The highest BCUT2D eigenvalue weighted by Crippen LogP contribution is 2.46. The Kier molecular flexibility index (Phi) is 3.70. The zero-order chi connectivity index (χ0) is 16.6. The molecule has 2 N–H and O–H groups in total. The normalized spacial score (nSPS) is 17.4. The first-order chi connectivity index (χ1) is 11.7. The Labute approximate surface area is 139 Å². The number of hydrogen-bond acceptors (Lipinski definition) is 3. The summed E-state index contributed by atoms with van der Waals surface area (Å²) in [5, 5.41) is 14.1. The van der Waals surface area contributed by atoms with Crippen molar-refractivity contribution in [3.63, 3.8) is 0 Å². The van der Waals surface area contributed by atoms with Crippen molar-refractivity contribution in [1.29, 1.82) is 0 Å². The smallest absolute Gasteiger partial charge is 0.315 e. The molecule has 1 aliphatic carbocycles. The first-order valence-electron chi connectivity index (χ1n) is 8.40. The number of urea groups is 1. The number of fused-ring (bicyclic) bond motifs is 1. The first-order valence-corrected chi connectivity index (χ1v) is 8.40. The minimum Gasteiger partial charge on any atom is -0.338 e. The van der Waals surface area contributed by atoms with E-state index in [4.69, 9.17) is 0 Å². The molecule has 0 saturated heterocycles. The van der Waals surface area contributed by atoms with Crippen LogP contribution in [0.2, 0.25) is 0 Å². The lowest BCUT2D eigenvalue weighted by Crippen LogP contribution is -2.43. The predicted octanol–water partition coefficient (Wildman–Crippen LogP) is 1.89. The molecule has 1 saturated carbocycles. The molecule has 4 rings (SSSR count). The second-order valence-corrected chi connectivity index (χ2v) is 6.48. The molecule has 1 aromatic carbocycles. The van der Waals surface area contributed by atoms with E-state index in [0.717, 1.165) is 43.9 Å². The van der Waals surface area contributed by atoms with Crippen molar-refractivity contribution in [3.05, 3.63) is 47.3 Å². The third-order valence-electron chi connectivity index (χ3n) is 4.81. The lowest BCUT2D eigenvalue weighted by atomic mass is 10.0. The van der Waals surface area contributed by atoms with Gasteiger partial charge in [0, 0.05) is 31.5 Å². The standard InChI is InChI=1S/C17H20FN5O/c18-13-5-2-1-4-12(13)17(8-9-17)20-16(24)19-10-7-15-22-21-14-6-3-11-23(14)15/h1-2,4-5H,3,6-11H2,(H2,19,20,24). The second-order valence-electron chi connectivity index (χ2n) is 6.48. The number of halogens is 1. The fraction of sp³-hybridized carbons (Fsp3) is 0.471. The molecule has 0 radical (unpaired) electrons. The summed E-state index contributed by atoms with van der Waals surface area (Å²) in [7, 11) is 0. The van der Waals surface area contributed by atoms with Crippen LogP contribution in [0.1, 0.15) is 36.5 Å². The maximum atomic E-state index is 14.0. The Bertz CT molecular complexity index is 768. The second kappa shape index (κ2) is 5.89. The summed E-state index contributed by atoms with van der Waals surface area (Å²) >= 11 is 0. The average Bonchev–Trinajstić information content (AvgIpc) is 3.02. The number of aromatic nitrogens is 3. The van der Waals surface area contributed by atoms with Crippen molar-refractivity contribution < 1.29 is 9.18 Å². The van der Waals surface area contributed by atoms with Gasteiger partial charge in [-0.3, -0.25) is 0 Å². The van der Waals surface area contributed by atoms with Gasteiger partial charge in [-0.05, 0) is 25.3 Å². The van der Waals surface area contributed by atoms with E-state index in [-0.39, 0.29) is 11.8 Å². The Hall–Kier alpha value is -2.44. The third-order valence-corrected chi connectivity index (χ3v) is 4.81. The van der Waals surface area contributed by atoms with E-state index in [9.17, 15) is 9.18 Å². The van der Waals surface area contributed by atoms with E-state index < -0.39 is 5.54 Å². The summed E-state index contributed by atoms with van der Waals surface area (Å²) < 4.78 is 16.1. The minimum atomic E-state index is -0.550. The van der Waals surface area contributed by atoms with Gasteiger partial charge in [0.1, 0.15) is 17.5 Å². The van der Waals surface area contributed by atoms with E-state index in [2.05, 4.69) is 25.4 Å². The van der Waals surface area contributed by atoms with Crippen LogP contribution in [0.25, 0.3) is 0 Å². The fourth-order valence-electron chi connectivity index (χ4n) is 3.38. The average molecular weight is 329 g/mol. The number of nitrogens with one attached hydrogen (secondary N) is 2. The molecular formula is C17H20FN5O. The molecule has 0 unspecified atom stereocenters. The van der Waals surface area contributed by atoms with Crippen LogP contribution in [0.15, 0.2) is 24.3 Å². The maximum Gasteiger partial charge on any atom is 0.315 e. The molecule has 2 heterocycles. The van der Waals surface area contributed by atoms with Crippen LogP contribution in [0.5, 0.6) is 0 Å². The molecule has 0 atom stereocenters. The van der Waals surface area contributed by atoms with Gasteiger partial charge in [-0.15, -0.1) is 10.2 Å². The van der Waals surface area contributed by atoms with Crippen molar-refractivity contribution in [2.24, 2.45) is 0 Å². The van der Waals surface area contributed by atoms with Crippen LogP contribution in [0.4, 0.5) is 9.18 Å². The van der Waals surface area contributed by atoms with E-state index in [1.165, 1.54) is 6.07 Å². The third kappa shape index (κ3) is 2.74. The van der Waals surface area contributed by atoms with E-state index in [1.54, 1.807) is 18.2 Å². The lowest BCUT2D eigenvalue weighted by molar-refractivity contribution is 0.235. The molecule has 7 heteroatoms. The van der Waals surface area contributed by atoms with E-state index in [1.807, 2.05) is 0 Å². The topological polar surface area (TPSA) is 71.8 Å². The molecule has 6 nitrogen and oxygen atoms in total. The van der Waals surface area contributed by atoms with Crippen LogP contribution in [0.3, 0.4) is 0 Å². The monoisotopic (exact) mass is 329 g/mol. The zero-order valence-electron chi connectivity index (χ0n) is 13.4. The Morgan fingerprint density at radius 1 is 1.29 bits per heavy atom. The van der Waals surface area contributed by atoms with Gasteiger partial charge in [-0.25, -0.2) is 9.18 Å². The van der Waals surface area contributed by atoms with Gasteiger partial charge in [0.2, 0.25) is 0 Å². The van der Waals surface area contributed by atoms with Gasteiger partial charge in [0.05, 0.1) is 5.54 Å². The van der Waals surface area contributed by atoms with Crippen LogP contribution < -0.4 is 10.6 Å². The number of amides is 2. The molecule has 1 aromatic heterocycles. The van der Waals surface area contributed by atoms with Gasteiger partial charge >= 0.3 is 6.03 Å². The molecule has 24 heavy (non-hydrogen) atoms. The van der Waals surface area contributed by atoms with Gasteiger partial charge in [-0.1, -0.05) is 18.2 Å². The highest BCUT2D eigenvalue weighted by Gasteiger charge is 2.47. The summed E-state index contributed by atoms with van der Waals surface area (Å²) in [5.74, 6) is 1.68. The zero-order valence-corrected chi connectivity index (χ0v) is 13.4. The summed E-state index contributed by atoms with van der Waals surface area (Å²) in [6.45, 7) is 1.44. The van der Waals surface area contributed by atoms with Crippen LogP contribution in [0, 0.1) is 5.82 Å². The molecule has 2 aliphatic rings. The van der Waals surface area contributed by atoms with Crippen molar-refractivity contribution in [1.82, 2.24) is 25.4 Å². The number of benzene rings is 1. The van der Waals surface area contributed by atoms with Gasteiger partial charge in [-0.2, -0.15) is 0 Å². The summed E-state index contributed by atoms with van der Waals surface area (Å²) in [6.07, 6.45) is 4.26. The van der Waals surface area contributed by atoms with Crippen molar-refractivity contribution in [2.75, 3.05) is 6.54 Å². The fourth-order valence-corrected chi connectivity index (χ4v) is 3.38. The quantitative estimate of drug-likeness (QED) is 0.880. The van der Waals surface area contributed by atoms with Crippen molar-refractivity contribution in [3.8, 4) is 0 Å². The SMILES string of the molecule is O=C(NCCc1nnc2n1CCC2)NC1(c2ccccc2F)CC1. The lowest BCUT2D eigenvalue weighted by Gasteiger charge is -2.19. The number of nitrogens with zero attached hydrogens (tertiary/aromatic N) is 3. The summed E-state index contributed by atoms with van der Waals surface area (Å²) in [4.78, 5) is 12.2. The van der Waals surface area contributed by atoms with Crippen molar-refractivity contribution in [2.45, 2.75) is 44.2 Å². The molecular weight excluding hydrogens is 309 g/mol. The van der Waals surface area contributed by atoms with Gasteiger partial charge in [0.25, 0.3) is 0 Å². The molecule has 1 aliphatic heterocycles.